The minimum Gasteiger partial charge on any atom is -0.481 e. The Morgan fingerprint density at radius 3 is 2.73 bits per heavy atom. The minimum absolute atomic E-state index is 0.256. The molecule has 0 amide bonds. The Kier molecular flexibility index (Phi) is 6.87. The van der Waals surface area contributed by atoms with Gasteiger partial charge in [-0.25, -0.2) is 9.83 Å². The Morgan fingerprint density at radius 2 is 2.06 bits per heavy atom. The van der Waals surface area contributed by atoms with Gasteiger partial charge in [0.15, 0.2) is 11.5 Å². The Hall–Kier alpha value is -3.08. The van der Waals surface area contributed by atoms with Crippen LogP contribution < -0.4 is 0 Å². The average molecular weight is 461 g/mol. The molecule has 1 aliphatic heterocycles. The lowest BCUT2D eigenvalue weighted by molar-refractivity contribution is -0.147. The fourth-order valence-corrected chi connectivity index (χ4v) is 5.04. The predicted molar refractivity (Wildman–Crippen MR) is 131 cm³/mol. The highest BCUT2D eigenvalue weighted by molar-refractivity contribution is 7.09. The van der Waals surface area contributed by atoms with Crippen molar-refractivity contribution in [3.05, 3.63) is 64.5 Å². The predicted octanol–water partition coefficient (Wildman–Crippen LogP) is 5.70. The Labute approximate surface area is 198 Å². The molecule has 1 aromatic heterocycles. The molecule has 0 atom stereocenters. The molecule has 2 aromatic carbocycles. The Bertz CT molecular complexity index is 1210. The SMILES string of the molecule is [C-]#[N+]c1cc(-c2nc(-c3cccc(CN4CC(C(=O)O)C4)c3CC)ns2)ccc1CC(C)C. The van der Waals surface area contributed by atoms with Crippen LogP contribution in [0.15, 0.2) is 36.4 Å². The van der Waals surface area contributed by atoms with Crippen molar-refractivity contribution in [3.8, 4) is 22.0 Å². The number of carbonyl (C=O) groups is 1. The van der Waals surface area contributed by atoms with Gasteiger partial charge in [-0.15, -0.1) is 0 Å². The maximum Gasteiger partial charge on any atom is 0.309 e. The molecule has 7 heteroatoms. The number of likely N-dealkylation sites (tertiary alicyclic amines) is 1. The van der Waals surface area contributed by atoms with E-state index in [1.807, 2.05) is 24.3 Å². The molecule has 33 heavy (non-hydrogen) atoms. The van der Waals surface area contributed by atoms with E-state index in [9.17, 15) is 4.79 Å². The second-order valence-electron chi connectivity index (χ2n) is 9.00. The lowest BCUT2D eigenvalue weighted by atomic mass is 9.95. The summed E-state index contributed by atoms with van der Waals surface area (Å²) in [5.41, 5.74) is 6.11. The van der Waals surface area contributed by atoms with Crippen molar-refractivity contribution in [2.75, 3.05) is 13.1 Å². The summed E-state index contributed by atoms with van der Waals surface area (Å²) < 4.78 is 4.65. The maximum absolute atomic E-state index is 11.1. The standard InChI is InChI=1S/C26H28N4O2S/c1-5-21-19(13-30-14-20(15-30)26(31)32)7-6-8-22(21)24-28-25(33-29-24)18-10-9-17(11-16(2)3)23(12-18)27-4/h6-10,12,16,20H,5,11,13-15H2,1-3H3,(H,31,32). The van der Waals surface area contributed by atoms with Gasteiger partial charge in [0.2, 0.25) is 0 Å². The summed E-state index contributed by atoms with van der Waals surface area (Å²) >= 11 is 1.35. The third-order valence-electron chi connectivity index (χ3n) is 6.07. The second-order valence-corrected chi connectivity index (χ2v) is 9.75. The van der Waals surface area contributed by atoms with Crippen molar-refractivity contribution < 1.29 is 9.90 Å². The highest BCUT2D eigenvalue weighted by Gasteiger charge is 2.32. The number of rotatable bonds is 8. The lowest BCUT2D eigenvalue weighted by Crippen LogP contribution is -2.49. The van der Waals surface area contributed by atoms with Crippen LogP contribution in [0.25, 0.3) is 26.8 Å². The first-order valence-corrected chi connectivity index (χ1v) is 12.1. The van der Waals surface area contributed by atoms with Crippen LogP contribution in [0.1, 0.15) is 37.5 Å². The molecular weight excluding hydrogens is 432 g/mol. The number of benzene rings is 2. The van der Waals surface area contributed by atoms with Crippen molar-refractivity contribution in [2.24, 2.45) is 11.8 Å². The molecule has 1 saturated heterocycles. The second kappa shape index (κ2) is 9.82. The van der Waals surface area contributed by atoms with Crippen LogP contribution in [-0.4, -0.2) is 38.4 Å². The molecule has 0 aliphatic carbocycles. The molecule has 1 N–H and O–H groups in total. The Balaban J connectivity index is 1.59. The van der Waals surface area contributed by atoms with E-state index in [4.69, 9.17) is 16.7 Å². The topological polar surface area (TPSA) is 70.7 Å². The lowest BCUT2D eigenvalue weighted by Gasteiger charge is -2.37. The zero-order chi connectivity index (χ0) is 23.5. The smallest absolute Gasteiger partial charge is 0.309 e. The van der Waals surface area contributed by atoms with Crippen LogP contribution in [0, 0.1) is 18.4 Å². The normalized spacial score (nSPS) is 14.3. The first kappa shape index (κ1) is 23.1. The van der Waals surface area contributed by atoms with E-state index >= 15 is 0 Å². The van der Waals surface area contributed by atoms with Crippen LogP contribution in [0.5, 0.6) is 0 Å². The zero-order valence-electron chi connectivity index (χ0n) is 19.2. The summed E-state index contributed by atoms with van der Waals surface area (Å²) in [4.78, 5) is 21.8. The van der Waals surface area contributed by atoms with Gasteiger partial charge in [0.1, 0.15) is 5.01 Å². The molecule has 4 rings (SSSR count). The third kappa shape index (κ3) is 4.97. The van der Waals surface area contributed by atoms with Crippen LogP contribution in [-0.2, 0) is 24.2 Å². The molecule has 1 aliphatic rings. The largest absolute Gasteiger partial charge is 0.481 e. The number of aliphatic carboxylic acids is 1. The van der Waals surface area contributed by atoms with Crippen LogP contribution in [0.2, 0.25) is 0 Å². The molecule has 6 nitrogen and oxygen atoms in total. The van der Waals surface area contributed by atoms with E-state index in [1.54, 1.807) is 0 Å². The summed E-state index contributed by atoms with van der Waals surface area (Å²) in [7, 11) is 0. The quantitative estimate of drug-likeness (QED) is 0.437. The van der Waals surface area contributed by atoms with Gasteiger partial charge in [-0.1, -0.05) is 51.1 Å². The van der Waals surface area contributed by atoms with Crippen molar-refractivity contribution in [1.82, 2.24) is 14.3 Å². The van der Waals surface area contributed by atoms with Gasteiger partial charge in [-0.2, -0.15) is 4.37 Å². The van der Waals surface area contributed by atoms with Crippen molar-refractivity contribution in [1.29, 1.82) is 0 Å². The Morgan fingerprint density at radius 1 is 1.27 bits per heavy atom. The van der Waals surface area contributed by atoms with Gasteiger partial charge in [-0.3, -0.25) is 9.69 Å². The molecule has 0 unspecified atom stereocenters. The summed E-state index contributed by atoms with van der Waals surface area (Å²) in [5.74, 6) is 0.230. The number of nitrogens with zero attached hydrogens (tertiary/aromatic N) is 4. The highest BCUT2D eigenvalue weighted by atomic mass is 32.1. The molecular formula is C26H28N4O2S. The van der Waals surface area contributed by atoms with Crippen molar-refractivity contribution in [2.45, 2.75) is 40.2 Å². The number of carboxylic acids is 1. The first-order valence-electron chi connectivity index (χ1n) is 11.3. The van der Waals surface area contributed by atoms with Crippen LogP contribution in [0.3, 0.4) is 0 Å². The number of hydrogen-bond donors (Lipinski definition) is 1. The van der Waals surface area contributed by atoms with E-state index in [0.717, 1.165) is 41.1 Å². The van der Waals surface area contributed by atoms with E-state index < -0.39 is 5.97 Å². The number of carboxylic acid groups (broad SMARTS) is 1. The van der Waals surface area contributed by atoms with Crippen molar-refractivity contribution in [3.63, 3.8) is 0 Å². The molecule has 0 spiro atoms. The maximum atomic E-state index is 11.1. The summed E-state index contributed by atoms with van der Waals surface area (Å²) in [6, 6.07) is 12.2. The van der Waals surface area contributed by atoms with E-state index in [2.05, 4.69) is 47.0 Å². The summed E-state index contributed by atoms with van der Waals surface area (Å²) in [6.45, 7) is 15.9. The van der Waals surface area contributed by atoms with Gasteiger partial charge >= 0.3 is 5.97 Å². The van der Waals surface area contributed by atoms with E-state index in [-0.39, 0.29) is 5.92 Å². The molecule has 1 fully saturated rings. The summed E-state index contributed by atoms with van der Waals surface area (Å²) in [5, 5.41) is 9.95. The van der Waals surface area contributed by atoms with Gasteiger partial charge in [-0.05, 0) is 53.0 Å². The van der Waals surface area contributed by atoms with E-state index in [0.29, 0.717) is 30.5 Å². The molecule has 2 heterocycles. The number of aromatic nitrogens is 2. The first-order chi connectivity index (χ1) is 15.9. The van der Waals surface area contributed by atoms with Gasteiger partial charge < -0.3 is 5.11 Å². The average Bonchev–Trinajstić information content (AvgIpc) is 3.25. The fraction of sp³-hybridized carbons (Fsp3) is 0.385. The minimum atomic E-state index is -0.714. The van der Waals surface area contributed by atoms with Gasteiger partial charge in [0.25, 0.3) is 0 Å². The molecule has 0 radical (unpaired) electrons. The van der Waals surface area contributed by atoms with Gasteiger partial charge in [0, 0.05) is 30.8 Å². The van der Waals surface area contributed by atoms with Crippen molar-refractivity contribution >= 4 is 23.2 Å². The van der Waals surface area contributed by atoms with Crippen LogP contribution >= 0.6 is 11.5 Å². The van der Waals surface area contributed by atoms with Gasteiger partial charge in [0.05, 0.1) is 12.5 Å². The number of hydrogen-bond acceptors (Lipinski definition) is 5. The molecule has 0 saturated carbocycles. The molecule has 170 valence electrons. The fourth-order valence-electron chi connectivity index (χ4n) is 4.37. The van der Waals surface area contributed by atoms with E-state index in [1.165, 1.54) is 22.7 Å². The van der Waals surface area contributed by atoms with Crippen LogP contribution in [0.4, 0.5) is 5.69 Å². The highest BCUT2D eigenvalue weighted by Crippen LogP contribution is 2.33. The monoisotopic (exact) mass is 460 g/mol. The molecule has 0 bridgehead atoms. The summed E-state index contributed by atoms with van der Waals surface area (Å²) in [6.07, 6.45) is 1.73. The zero-order valence-corrected chi connectivity index (χ0v) is 20.0. The molecule has 3 aromatic rings. The third-order valence-corrected chi connectivity index (χ3v) is 6.84.